The van der Waals surface area contributed by atoms with Gasteiger partial charge in [0.05, 0.1) is 24.2 Å². The number of nitrogens with zero attached hydrogens (tertiary/aromatic N) is 2. The van der Waals surface area contributed by atoms with Gasteiger partial charge in [-0.2, -0.15) is 0 Å². The van der Waals surface area contributed by atoms with E-state index in [-0.39, 0.29) is 37.4 Å². The van der Waals surface area contributed by atoms with Gasteiger partial charge in [0, 0.05) is 24.5 Å². The topological polar surface area (TPSA) is 91.0 Å². The molecule has 1 atom stereocenters. The number of fused-ring (bicyclic) bond motifs is 1. The standard InChI is InChI=1S/C23H23ClN2O6/c1-15(27)18-12-16(24)6-7-20(18)31-14-17-13-25(10-11-30-17)22(28)8-9-26-19-4-2-3-5-21(19)32-23(26)29/h2-7,12,17H,8-11,13-14H2,1H3. The Morgan fingerprint density at radius 3 is 2.84 bits per heavy atom. The summed E-state index contributed by atoms with van der Waals surface area (Å²) in [5, 5.41) is 0.456. The highest BCUT2D eigenvalue weighted by Crippen LogP contribution is 2.24. The van der Waals surface area contributed by atoms with E-state index in [9.17, 15) is 14.4 Å². The summed E-state index contributed by atoms with van der Waals surface area (Å²) in [4.78, 5) is 38.4. The Balaban J connectivity index is 1.35. The van der Waals surface area contributed by atoms with Gasteiger partial charge in [0.15, 0.2) is 11.4 Å². The molecule has 9 heteroatoms. The lowest BCUT2D eigenvalue weighted by Crippen LogP contribution is -2.47. The Bertz CT molecular complexity index is 1200. The molecule has 0 spiro atoms. The molecule has 1 aliphatic rings. The number of benzene rings is 2. The van der Waals surface area contributed by atoms with Crippen LogP contribution in [0.4, 0.5) is 0 Å². The maximum Gasteiger partial charge on any atom is 0.419 e. The second-order valence-corrected chi connectivity index (χ2v) is 8.01. The van der Waals surface area contributed by atoms with Gasteiger partial charge >= 0.3 is 5.76 Å². The molecule has 2 heterocycles. The molecule has 0 aliphatic carbocycles. The predicted molar refractivity (Wildman–Crippen MR) is 118 cm³/mol. The Hall–Kier alpha value is -3.10. The number of halogens is 1. The number of rotatable bonds is 7. The van der Waals surface area contributed by atoms with Crippen molar-refractivity contribution in [2.24, 2.45) is 0 Å². The summed E-state index contributed by atoms with van der Waals surface area (Å²) in [5.74, 6) is -0.270. The molecule has 1 fully saturated rings. The van der Waals surface area contributed by atoms with Crippen LogP contribution in [0.2, 0.25) is 5.02 Å². The first-order valence-electron chi connectivity index (χ1n) is 10.3. The molecule has 0 saturated carbocycles. The molecule has 2 aromatic carbocycles. The fourth-order valence-electron chi connectivity index (χ4n) is 3.72. The highest BCUT2D eigenvalue weighted by Gasteiger charge is 2.25. The fraction of sp³-hybridized carbons (Fsp3) is 0.348. The second-order valence-electron chi connectivity index (χ2n) is 7.58. The molecule has 1 saturated heterocycles. The SMILES string of the molecule is CC(=O)c1cc(Cl)ccc1OCC1CN(C(=O)CCn2c(=O)oc3ccccc32)CCO1. The minimum atomic E-state index is -0.475. The normalized spacial score (nSPS) is 16.3. The van der Waals surface area contributed by atoms with Crippen LogP contribution in [0.25, 0.3) is 11.1 Å². The highest BCUT2D eigenvalue weighted by atomic mass is 35.5. The molecule has 1 aromatic heterocycles. The largest absolute Gasteiger partial charge is 0.490 e. The molecule has 1 amide bonds. The van der Waals surface area contributed by atoms with Crippen LogP contribution in [0, 0.1) is 0 Å². The van der Waals surface area contributed by atoms with Crippen LogP contribution in [0.15, 0.2) is 51.7 Å². The maximum atomic E-state index is 12.8. The number of ether oxygens (including phenoxy) is 2. The number of hydrogen-bond acceptors (Lipinski definition) is 6. The van der Waals surface area contributed by atoms with Crippen LogP contribution in [0.5, 0.6) is 5.75 Å². The number of ketones is 1. The van der Waals surface area contributed by atoms with E-state index in [2.05, 4.69) is 0 Å². The van der Waals surface area contributed by atoms with Crippen molar-refractivity contribution in [2.45, 2.75) is 26.0 Å². The minimum Gasteiger partial charge on any atom is -0.490 e. The Labute approximate surface area is 189 Å². The fourth-order valence-corrected chi connectivity index (χ4v) is 3.90. The number of Topliss-reactive ketones (excluding diaryl/α,β-unsaturated/α-hetero) is 1. The van der Waals surface area contributed by atoms with Gasteiger partial charge in [-0.25, -0.2) is 4.79 Å². The van der Waals surface area contributed by atoms with Gasteiger partial charge in [-0.05, 0) is 37.3 Å². The van der Waals surface area contributed by atoms with Gasteiger partial charge in [0.2, 0.25) is 5.91 Å². The first-order chi connectivity index (χ1) is 15.4. The summed E-state index contributed by atoms with van der Waals surface area (Å²) >= 11 is 5.97. The van der Waals surface area contributed by atoms with Crippen molar-refractivity contribution in [3.05, 3.63) is 63.6 Å². The third kappa shape index (κ3) is 4.87. The summed E-state index contributed by atoms with van der Waals surface area (Å²) in [7, 11) is 0. The average molecular weight is 459 g/mol. The number of aryl methyl sites for hydroxylation is 1. The molecule has 1 unspecified atom stereocenters. The van der Waals surface area contributed by atoms with Crippen molar-refractivity contribution in [2.75, 3.05) is 26.3 Å². The van der Waals surface area contributed by atoms with Crippen LogP contribution in [0.3, 0.4) is 0 Å². The van der Waals surface area contributed by atoms with Crippen LogP contribution < -0.4 is 10.5 Å². The van der Waals surface area contributed by atoms with E-state index in [0.717, 1.165) is 0 Å². The van der Waals surface area contributed by atoms with Gasteiger partial charge in [0.1, 0.15) is 18.5 Å². The van der Waals surface area contributed by atoms with Crippen LogP contribution in [0.1, 0.15) is 23.7 Å². The monoisotopic (exact) mass is 458 g/mol. The molecule has 32 heavy (non-hydrogen) atoms. The Kier molecular flexibility index (Phi) is 6.62. The van der Waals surface area contributed by atoms with Gasteiger partial charge in [0.25, 0.3) is 0 Å². The van der Waals surface area contributed by atoms with Crippen LogP contribution >= 0.6 is 11.6 Å². The highest BCUT2D eigenvalue weighted by molar-refractivity contribution is 6.31. The summed E-state index contributed by atoms with van der Waals surface area (Å²) < 4.78 is 18.2. The van der Waals surface area contributed by atoms with Crippen molar-refractivity contribution >= 4 is 34.4 Å². The van der Waals surface area contributed by atoms with Crippen molar-refractivity contribution in [1.82, 2.24) is 9.47 Å². The molecule has 0 N–H and O–H groups in total. The smallest absolute Gasteiger partial charge is 0.419 e. The van der Waals surface area contributed by atoms with Crippen LogP contribution in [-0.2, 0) is 16.1 Å². The van der Waals surface area contributed by atoms with E-state index < -0.39 is 5.76 Å². The third-order valence-corrected chi connectivity index (χ3v) is 5.60. The second kappa shape index (κ2) is 9.58. The van der Waals surface area contributed by atoms with Gasteiger partial charge in [-0.15, -0.1) is 0 Å². The molecule has 0 radical (unpaired) electrons. The van der Waals surface area contributed by atoms with Crippen molar-refractivity contribution in [1.29, 1.82) is 0 Å². The van der Waals surface area contributed by atoms with Crippen molar-refractivity contribution < 1.29 is 23.5 Å². The third-order valence-electron chi connectivity index (χ3n) is 5.36. The van der Waals surface area contributed by atoms with E-state index in [1.165, 1.54) is 11.5 Å². The lowest BCUT2D eigenvalue weighted by molar-refractivity contribution is -0.140. The molecule has 8 nitrogen and oxygen atoms in total. The van der Waals surface area contributed by atoms with E-state index in [0.29, 0.717) is 47.1 Å². The average Bonchev–Trinajstić information content (AvgIpc) is 3.11. The molecule has 4 rings (SSSR count). The Morgan fingerprint density at radius 1 is 1.22 bits per heavy atom. The predicted octanol–water partition coefficient (Wildman–Crippen LogP) is 3.15. The first-order valence-corrected chi connectivity index (χ1v) is 10.7. The van der Waals surface area contributed by atoms with E-state index in [4.69, 9.17) is 25.5 Å². The first kappa shape index (κ1) is 22.1. The number of carbonyl (C=O) groups is 2. The number of amides is 1. The lowest BCUT2D eigenvalue weighted by atomic mass is 10.1. The van der Waals surface area contributed by atoms with Gasteiger partial charge < -0.3 is 18.8 Å². The Morgan fingerprint density at radius 2 is 2.03 bits per heavy atom. The van der Waals surface area contributed by atoms with Gasteiger partial charge in [-0.1, -0.05) is 23.7 Å². The zero-order valence-electron chi connectivity index (χ0n) is 17.6. The van der Waals surface area contributed by atoms with E-state index >= 15 is 0 Å². The zero-order valence-corrected chi connectivity index (χ0v) is 18.3. The van der Waals surface area contributed by atoms with Crippen molar-refractivity contribution in [3.8, 4) is 5.75 Å². The number of aromatic nitrogens is 1. The van der Waals surface area contributed by atoms with Crippen LogP contribution in [-0.4, -0.2) is 53.6 Å². The molecular formula is C23H23ClN2O6. The molecule has 0 bridgehead atoms. The minimum absolute atomic E-state index is 0.0774. The summed E-state index contributed by atoms with van der Waals surface area (Å²) in [5.41, 5.74) is 1.57. The quantitative estimate of drug-likeness (QED) is 0.505. The van der Waals surface area contributed by atoms with E-state index in [1.54, 1.807) is 41.3 Å². The van der Waals surface area contributed by atoms with E-state index in [1.807, 2.05) is 6.07 Å². The maximum absolute atomic E-state index is 12.8. The lowest BCUT2D eigenvalue weighted by Gasteiger charge is -2.33. The molecule has 1 aliphatic heterocycles. The summed E-state index contributed by atoms with van der Waals surface area (Å²) in [6.07, 6.45) is -0.163. The summed E-state index contributed by atoms with van der Waals surface area (Å²) in [6.45, 7) is 3.09. The number of morpholine rings is 1. The molecule has 168 valence electrons. The number of para-hydroxylation sites is 2. The number of oxazole rings is 1. The molecular weight excluding hydrogens is 436 g/mol. The van der Waals surface area contributed by atoms with Crippen molar-refractivity contribution in [3.63, 3.8) is 0 Å². The van der Waals surface area contributed by atoms with Gasteiger partial charge in [-0.3, -0.25) is 14.2 Å². The molecule has 3 aromatic rings. The number of hydrogen-bond donors (Lipinski definition) is 0. The number of carbonyl (C=O) groups excluding carboxylic acids is 2. The zero-order chi connectivity index (χ0) is 22.7. The summed E-state index contributed by atoms with van der Waals surface area (Å²) in [6, 6.07) is 12.0.